The summed E-state index contributed by atoms with van der Waals surface area (Å²) in [4.78, 5) is 34.9. The Balaban J connectivity index is 2.19. The van der Waals surface area contributed by atoms with E-state index >= 15 is 0 Å². The fourth-order valence-electron chi connectivity index (χ4n) is 2.65. The second-order valence-electron chi connectivity index (χ2n) is 5.49. The van der Waals surface area contributed by atoms with Crippen LogP contribution in [0.25, 0.3) is 5.52 Å². The molecule has 0 radical (unpaired) electrons. The van der Waals surface area contributed by atoms with Crippen molar-refractivity contribution >= 4 is 17.5 Å². The van der Waals surface area contributed by atoms with Crippen LogP contribution in [-0.4, -0.2) is 26.6 Å². The predicted molar refractivity (Wildman–Crippen MR) is 86.8 cm³/mol. The van der Waals surface area contributed by atoms with Crippen LogP contribution in [0.1, 0.15) is 31.8 Å². The third kappa shape index (κ3) is 3.12. The number of carbonyl (C=O) groups is 2. The molecular weight excluding hydrogens is 329 g/mol. The summed E-state index contributed by atoms with van der Waals surface area (Å²) in [5.74, 6) is -3.23. The Bertz CT molecular complexity index is 1070. The molecule has 2 heterocycles. The third-order valence-corrected chi connectivity index (χ3v) is 3.78. The maximum atomic E-state index is 13.3. The molecule has 0 fully saturated rings. The molecule has 0 aliphatic carbocycles. The minimum Gasteiger partial charge on any atom is -0.478 e. The number of rotatable bonds is 4. The van der Waals surface area contributed by atoms with E-state index in [1.54, 1.807) is 18.2 Å². The van der Waals surface area contributed by atoms with E-state index in [9.17, 15) is 23.9 Å². The number of carboxylic acid groups (broad SMARTS) is 2. The number of pyridine rings is 2. The zero-order valence-electron chi connectivity index (χ0n) is 12.8. The van der Waals surface area contributed by atoms with Gasteiger partial charge < -0.3 is 10.2 Å². The van der Waals surface area contributed by atoms with E-state index in [0.717, 1.165) is 10.5 Å². The van der Waals surface area contributed by atoms with E-state index in [1.165, 1.54) is 24.4 Å². The Kier molecular flexibility index (Phi) is 4.06. The lowest BCUT2D eigenvalue weighted by atomic mass is 10.0. The predicted octanol–water partition coefficient (Wildman–Crippen LogP) is 2.43. The van der Waals surface area contributed by atoms with Gasteiger partial charge in [0.1, 0.15) is 11.4 Å². The number of aromatic nitrogens is 1. The molecule has 25 heavy (non-hydrogen) atoms. The second kappa shape index (κ2) is 6.20. The molecule has 2 N–H and O–H groups in total. The van der Waals surface area contributed by atoms with Gasteiger partial charge >= 0.3 is 11.9 Å². The first-order chi connectivity index (χ1) is 11.9. The molecule has 3 aromatic rings. The van der Waals surface area contributed by atoms with Crippen molar-refractivity contribution in [2.24, 2.45) is 0 Å². The van der Waals surface area contributed by atoms with Crippen molar-refractivity contribution < 1.29 is 24.2 Å². The average Bonchev–Trinajstić information content (AvgIpc) is 2.55. The zero-order valence-corrected chi connectivity index (χ0v) is 12.8. The van der Waals surface area contributed by atoms with Gasteiger partial charge in [0.05, 0.1) is 11.1 Å². The van der Waals surface area contributed by atoms with E-state index in [1.807, 2.05) is 0 Å². The summed E-state index contributed by atoms with van der Waals surface area (Å²) in [7, 11) is 0. The van der Waals surface area contributed by atoms with Crippen molar-refractivity contribution in [1.29, 1.82) is 0 Å². The van der Waals surface area contributed by atoms with Crippen molar-refractivity contribution in [1.82, 2.24) is 4.40 Å². The molecule has 0 saturated carbocycles. The number of benzene rings is 1. The molecule has 0 amide bonds. The molecule has 1 aromatic carbocycles. The molecule has 0 unspecified atom stereocenters. The highest BCUT2D eigenvalue weighted by Gasteiger charge is 2.18. The van der Waals surface area contributed by atoms with Gasteiger partial charge in [0.2, 0.25) is 0 Å². The van der Waals surface area contributed by atoms with Crippen LogP contribution in [-0.2, 0) is 6.42 Å². The monoisotopic (exact) mass is 341 g/mol. The summed E-state index contributed by atoms with van der Waals surface area (Å²) >= 11 is 0. The first-order valence-electron chi connectivity index (χ1n) is 7.26. The fourth-order valence-corrected chi connectivity index (χ4v) is 2.65. The maximum absolute atomic E-state index is 13.3. The Morgan fingerprint density at radius 3 is 2.32 bits per heavy atom. The molecule has 0 atom stereocenters. The standard InChI is InChI=1S/C18H12FNO5/c19-12-3-1-2-10(7-12)6-11-4-5-15-13(17(22)23)8-14(18(24)25)16(21)20(15)9-11/h1-5,7-9H,6H2,(H,22,23)(H,24,25). The fraction of sp³-hybridized carbons (Fsp3) is 0.0556. The van der Waals surface area contributed by atoms with Crippen molar-refractivity contribution in [2.75, 3.05) is 0 Å². The number of hydrogen-bond donors (Lipinski definition) is 2. The number of carboxylic acids is 2. The van der Waals surface area contributed by atoms with Gasteiger partial charge in [0.15, 0.2) is 0 Å². The molecular formula is C18H12FNO5. The summed E-state index contributed by atoms with van der Waals surface area (Å²) in [5, 5.41) is 18.4. The number of hydrogen-bond acceptors (Lipinski definition) is 3. The smallest absolute Gasteiger partial charge is 0.341 e. The lowest BCUT2D eigenvalue weighted by Gasteiger charge is -2.09. The van der Waals surface area contributed by atoms with Gasteiger partial charge in [-0.3, -0.25) is 9.20 Å². The second-order valence-corrected chi connectivity index (χ2v) is 5.49. The minimum atomic E-state index is -1.50. The molecule has 0 spiro atoms. The summed E-state index contributed by atoms with van der Waals surface area (Å²) in [6.45, 7) is 0. The van der Waals surface area contributed by atoms with E-state index in [2.05, 4.69) is 0 Å². The highest BCUT2D eigenvalue weighted by Crippen LogP contribution is 2.16. The molecule has 0 bridgehead atoms. The highest BCUT2D eigenvalue weighted by atomic mass is 19.1. The van der Waals surface area contributed by atoms with E-state index in [4.69, 9.17) is 5.11 Å². The van der Waals surface area contributed by atoms with Gasteiger partial charge in [0.25, 0.3) is 5.56 Å². The maximum Gasteiger partial charge on any atom is 0.341 e. The molecule has 126 valence electrons. The zero-order chi connectivity index (χ0) is 18.1. The lowest BCUT2D eigenvalue weighted by molar-refractivity contribution is 0.0694. The molecule has 3 rings (SSSR count). The van der Waals surface area contributed by atoms with Crippen molar-refractivity contribution in [3.05, 3.63) is 87.1 Å². The first kappa shape index (κ1) is 16.4. The largest absolute Gasteiger partial charge is 0.478 e. The molecule has 7 heteroatoms. The molecule has 0 aliphatic rings. The highest BCUT2D eigenvalue weighted by molar-refractivity contribution is 5.99. The number of fused-ring (bicyclic) bond motifs is 1. The Hall–Kier alpha value is -3.48. The van der Waals surface area contributed by atoms with Crippen LogP contribution < -0.4 is 5.56 Å². The van der Waals surface area contributed by atoms with Gasteiger partial charge in [-0.05, 0) is 41.8 Å². The number of aromatic carboxylic acids is 2. The van der Waals surface area contributed by atoms with Crippen LogP contribution in [0.2, 0.25) is 0 Å². The van der Waals surface area contributed by atoms with Gasteiger partial charge in [-0.2, -0.15) is 0 Å². The molecule has 6 nitrogen and oxygen atoms in total. The summed E-state index contributed by atoms with van der Waals surface area (Å²) < 4.78 is 14.3. The SMILES string of the molecule is O=C(O)c1cc(C(=O)O)c2ccc(Cc3cccc(F)c3)cn2c1=O. The van der Waals surface area contributed by atoms with Gasteiger partial charge in [-0.1, -0.05) is 18.2 Å². The normalized spacial score (nSPS) is 10.8. The van der Waals surface area contributed by atoms with Gasteiger partial charge in [0, 0.05) is 6.20 Å². The molecule has 0 aliphatic heterocycles. The van der Waals surface area contributed by atoms with Crippen molar-refractivity contribution in [3.8, 4) is 0 Å². The van der Waals surface area contributed by atoms with Crippen LogP contribution in [0.3, 0.4) is 0 Å². The van der Waals surface area contributed by atoms with Crippen LogP contribution >= 0.6 is 0 Å². The number of nitrogens with zero attached hydrogens (tertiary/aromatic N) is 1. The third-order valence-electron chi connectivity index (χ3n) is 3.78. The Morgan fingerprint density at radius 2 is 1.68 bits per heavy atom. The summed E-state index contributed by atoms with van der Waals surface area (Å²) in [6.07, 6.45) is 1.68. The molecule has 0 saturated heterocycles. The average molecular weight is 341 g/mol. The Labute approximate surface area is 140 Å². The quantitative estimate of drug-likeness (QED) is 0.760. The van der Waals surface area contributed by atoms with Crippen LogP contribution in [0.4, 0.5) is 4.39 Å². The van der Waals surface area contributed by atoms with Crippen LogP contribution in [0, 0.1) is 5.82 Å². The summed E-state index contributed by atoms with van der Waals surface area (Å²) in [5.41, 5.74) is -0.370. The van der Waals surface area contributed by atoms with E-state index in [0.29, 0.717) is 17.5 Å². The van der Waals surface area contributed by atoms with Crippen molar-refractivity contribution in [3.63, 3.8) is 0 Å². The number of halogens is 1. The minimum absolute atomic E-state index is 0.0884. The topological polar surface area (TPSA) is 96.1 Å². The van der Waals surface area contributed by atoms with Gasteiger partial charge in [-0.15, -0.1) is 0 Å². The first-order valence-corrected chi connectivity index (χ1v) is 7.26. The van der Waals surface area contributed by atoms with E-state index < -0.39 is 28.9 Å². The van der Waals surface area contributed by atoms with Crippen LogP contribution in [0.5, 0.6) is 0 Å². The Morgan fingerprint density at radius 1 is 0.960 bits per heavy atom. The van der Waals surface area contributed by atoms with Crippen molar-refractivity contribution in [2.45, 2.75) is 6.42 Å². The van der Waals surface area contributed by atoms with Gasteiger partial charge in [-0.25, -0.2) is 14.0 Å². The van der Waals surface area contributed by atoms with E-state index in [-0.39, 0.29) is 11.1 Å². The molecule has 2 aromatic heterocycles. The summed E-state index contributed by atoms with van der Waals surface area (Å²) in [6, 6.07) is 9.84. The van der Waals surface area contributed by atoms with Crippen LogP contribution in [0.15, 0.2) is 53.5 Å². The lowest BCUT2D eigenvalue weighted by Crippen LogP contribution is -2.24.